The standard InChI is InChI=1S/C14H18BrNO2/c1-3-4-5-6-7-18-14-12(15)8-11(10-16)9-13(14)17-2/h8-9H,3-7H2,1-2H3. The van der Waals surface area contributed by atoms with Crippen LogP contribution in [0.5, 0.6) is 11.5 Å². The number of unbranched alkanes of at least 4 members (excludes halogenated alkanes) is 3. The normalized spacial score (nSPS) is 9.89. The lowest BCUT2D eigenvalue weighted by Crippen LogP contribution is -2.00. The van der Waals surface area contributed by atoms with Gasteiger partial charge in [-0.2, -0.15) is 5.26 Å². The summed E-state index contributed by atoms with van der Waals surface area (Å²) in [7, 11) is 1.58. The van der Waals surface area contributed by atoms with Crippen LogP contribution in [0.2, 0.25) is 0 Å². The van der Waals surface area contributed by atoms with E-state index in [2.05, 4.69) is 28.9 Å². The number of methoxy groups -OCH3 is 1. The molecular weight excluding hydrogens is 294 g/mol. The fourth-order valence-electron chi connectivity index (χ4n) is 1.63. The molecule has 0 aliphatic rings. The third-order valence-electron chi connectivity index (χ3n) is 2.60. The second-order valence-corrected chi connectivity index (χ2v) is 4.86. The van der Waals surface area contributed by atoms with E-state index in [-0.39, 0.29) is 0 Å². The van der Waals surface area contributed by atoms with E-state index in [1.54, 1.807) is 19.2 Å². The zero-order chi connectivity index (χ0) is 13.4. The number of benzene rings is 1. The minimum atomic E-state index is 0.553. The Kier molecular flexibility index (Phi) is 6.59. The number of hydrogen-bond donors (Lipinski definition) is 0. The summed E-state index contributed by atoms with van der Waals surface area (Å²) in [6.45, 7) is 2.85. The van der Waals surface area contributed by atoms with E-state index < -0.39 is 0 Å². The largest absolute Gasteiger partial charge is 0.493 e. The highest BCUT2D eigenvalue weighted by Crippen LogP contribution is 2.36. The third kappa shape index (κ3) is 4.23. The van der Waals surface area contributed by atoms with Crippen LogP contribution >= 0.6 is 15.9 Å². The summed E-state index contributed by atoms with van der Waals surface area (Å²) in [5, 5.41) is 8.88. The molecule has 0 aliphatic heterocycles. The van der Waals surface area contributed by atoms with E-state index in [0.29, 0.717) is 23.7 Å². The smallest absolute Gasteiger partial charge is 0.175 e. The van der Waals surface area contributed by atoms with Gasteiger partial charge in [0.2, 0.25) is 0 Å². The molecule has 0 atom stereocenters. The first kappa shape index (κ1) is 14.8. The molecule has 0 radical (unpaired) electrons. The molecule has 0 saturated heterocycles. The molecule has 1 rings (SSSR count). The summed E-state index contributed by atoms with van der Waals surface area (Å²) in [5.41, 5.74) is 0.553. The highest BCUT2D eigenvalue weighted by Gasteiger charge is 2.11. The minimum absolute atomic E-state index is 0.553. The summed E-state index contributed by atoms with van der Waals surface area (Å²) in [4.78, 5) is 0. The average molecular weight is 312 g/mol. The van der Waals surface area contributed by atoms with Crippen LogP contribution in [0.4, 0.5) is 0 Å². The molecule has 0 unspecified atom stereocenters. The highest BCUT2D eigenvalue weighted by molar-refractivity contribution is 9.10. The molecular formula is C14H18BrNO2. The monoisotopic (exact) mass is 311 g/mol. The molecule has 0 aromatic heterocycles. The predicted octanol–water partition coefficient (Wildman–Crippen LogP) is 4.29. The van der Waals surface area contributed by atoms with E-state index in [1.807, 2.05) is 0 Å². The van der Waals surface area contributed by atoms with E-state index in [0.717, 1.165) is 10.9 Å². The number of hydrogen-bond acceptors (Lipinski definition) is 3. The lowest BCUT2D eigenvalue weighted by Gasteiger charge is -2.12. The maximum absolute atomic E-state index is 8.88. The van der Waals surface area contributed by atoms with Crippen molar-refractivity contribution >= 4 is 15.9 Å². The number of halogens is 1. The average Bonchev–Trinajstić information content (AvgIpc) is 2.39. The van der Waals surface area contributed by atoms with Gasteiger partial charge in [-0.05, 0) is 28.4 Å². The number of nitriles is 1. The number of rotatable bonds is 7. The zero-order valence-corrected chi connectivity index (χ0v) is 12.4. The second kappa shape index (κ2) is 7.99. The fraction of sp³-hybridized carbons (Fsp3) is 0.500. The molecule has 0 heterocycles. The molecule has 0 amide bonds. The van der Waals surface area contributed by atoms with Crippen molar-refractivity contribution in [3.63, 3.8) is 0 Å². The lowest BCUT2D eigenvalue weighted by atomic mass is 10.2. The lowest BCUT2D eigenvalue weighted by molar-refractivity contribution is 0.283. The highest BCUT2D eigenvalue weighted by atomic mass is 79.9. The Morgan fingerprint density at radius 3 is 2.67 bits per heavy atom. The summed E-state index contributed by atoms with van der Waals surface area (Å²) >= 11 is 3.41. The Bertz CT molecular complexity index is 427. The van der Waals surface area contributed by atoms with Gasteiger partial charge in [-0.25, -0.2) is 0 Å². The van der Waals surface area contributed by atoms with E-state index in [4.69, 9.17) is 14.7 Å². The molecule has 0 saturated carbocycles. The molecule has 0 fully saturated rings. The molecule has 1 aromatic rings. The summed E-state index contributed by atoms with van der Waals surface area (Å²) in [5.74, 6) is 1.27. The quantitative estimate of drug-likeness (QED) is 0.705. The number of ether oxygens (including phenoxy) is 2. The van der Waals surface area contributed by atoms with Crippen molar-refractivity contribution in [2.45, 2.75) is 32.6 Å². The van der Waals surface area contributed by atoms with Crippen LogP contribution in [-0.2, 0) is 0 Å². The molecule has 0 bridgehead atoms. The summed E-state index contributed by atoms with van der Waals surface area (Å²) in [6, 6.07) is 5.51. The first-order chi connectivity index (χ1) is 8.72. The molecule has 0 spiro atoms. The molecule has 3 nitrogen and oxygen atoms in total. The first-order valence-electron chi connectivity index (χ1n) is 6.13. The zero-order valence-electron chi connectivity index (χ0n) is 10.8. The van der Waals surface area contributed by atoms with Crippen LogP contribution in [0.15, 0.2) is 16.6 Å². The van der Waals surface area contributed by atoms with Gasteiger partial charge in [-0.3, -0.25) is 0 Å². The molecule has 1 aromatic carbocycles. The van der Waals surface area contributed by atoms with Crippen molar-refractivity contribution in [2.75, 3.05) is 13.7 Å². The van der Waals surface area contributed by atoms with Crippen LogP contribution < -0.4 is 9.47 Å². The van der Waals surface area contributed by atoms with Gasteiger partial charge in [0.1, 0.15) is 0 Å². The van der Waals surface area contributed by atoms with Crippen LogP contribution in [0.3, 0.4) is 0 Å². The Labute approximate surface area is 117 Å². The van der Waals surface area contributed by atoms with Crippen molar-refractivity contribution in [3.05, 3.63) is 22.2 Å². The van der Waals surface area contributed by atoms with Gasteiger partial charge in [-0.1, -0.05) is 26.2 Å². The van der Waals surface area contributed by atoms with Crippen molar-refractivity contribution in [1.82, 2.24) is 0 Å². The Morgan fingerprint density at radius 2 is 2.06 bits per heavy atom. The Balaban J connectivity index is 2.67. The minimum Gasteiger partial charge on any atom is -0.493 e. The molecule has 4 heteroatoms. The van der Waals surface area contributed by atoms with Crippen LogP contribution in [0.1, 0.15) is 38.2 Å². The summed E-state index contributed by atoms with van der Waals surface area (Å²) in [6.07, 6.45) is 4.65. The Hall–Kier alpha value is -1.21. The van der Waals surface area contributed by atoms with E-state index in [1.165, 1.54) is 19.3 Å². The first-order valence-corrected chi connectivity index (χ1v) is 6.92. The van der Waals surface area contributed by atoms with E-state index in [9.17, 15) is 0 Å². The maximum atomic E-state index is 8.88. The van der Waals surface area contributed by atoms with Gasteiger partial charge in [0, 0.05) is 6.07 Å². The van der Waals surface area contributed by atoms with E-state index >= 15 is 0 Å². The van der Waals surface area contributed by atoms with Gasteiger partial charge < -0.3 is 9.47 Å². The molecule has 0 N–H and O–H groups in total. The SMILES string of the molecule is CCCCCCOc1c(Br)cc(C#N)cc1OC. The van der Waals surface area contributed by atoms with Crippen LogP contribution in [0, 0.1) is 11.3 Å². The predicted molar refractivity (Wildman–Crippen MR) is 75.0 cm³/mol. The Morgan fingerprint density at radius 1 is 1.28 bits per heavy atom. The number of nitrogens with zero attached hydrogens (tertiary/aromatic N) is 1. The van der Waals surface area contributed by atoms with Gasteiger partial charge >= 0.3 is 0 Å². The molecule has 98 valence electrons. The van der Waals surface area contributed by atoms with Gasteiger partial charge in [-0.15, -0.1) is 0 Å². The fourth-order valence-corrected chi connectivity index (χ4v) is 2.18. The van der Waals surface area contributed by atoms with Crippen molar-refractivity contribution in [1.29, 1.82) is 5.26 Å². The van der Waals surface area contributed by atoms with Gasteiger partial charge in [0.05, 0.1) is 29.8 Å². The van der Waals surface area contributed by atoms with Crippen molar-refractivity contribution in [3.8, 4) is 17.6 Å². The third-order valence-corrected chi connectivity index (χ3v) is 3.19. The second-order valence-electron chi connectivity index (χ2n) is 4.01. The topological polar surface area (TPSA) is 42.2 Å². The van der Waals surface area contributed by atoms with Crippen LogP contribution in [0.25, 0.3) is 0 Å². The van der Waals surface area contributed by atoms with Crippen molar-refractivity contribution < 1.29 is 9.47 Å². The van der Waals surface area contributed by atoms with Crippen molar-refractivity contribution in [2.24, 2.45) is 0 Å². The van der Waals surface area contributed by atoms with Crippen LogP contribution in [-0.4, -0.2) is 13.7 Å². The summed E-state index contributed by atoms with van der Waals surface area (Å²) < 4.78 is 11.7. The van der Waals surface area contributed by atoms with Gasteiger partial charge in [0.25, 0.3) is 0 Å². The van der Waals surface area contributed by atoms with Gasteiger partial charge in [0.15, 0.2) is 11.5 Å². The maximum Gasteiger partial charge on any atom is 0.175 e. The molecule has 18 heavy (non-hydrogen) atoms. The molecule has 0 aliphatic carbocycles.